The Kier molecular flexibility index (Phi) is 2.11. The number of aliphatic hydroxyl groups excluding tert-OH is 1. The van der Waals surface area contributed by atoms with Crippen LogP contribution in [0.25, 0.3) is 0 Å². The van der Waals surface area contributed by atoms with Gasteiger partial charge in [-0.15, -0.1) is 0 Å². The lowest BCUT2D eigenvalue weighted by atomic mass is 9.74. The lowest BCUT2D eigenvalue weighted by Gasteiger charge is -2.34. The molecular weight excluding hydrogens is 164 g/mol. The van der Waals surface area contributed by atoms with Crippen LogP contribution >= 0.6 is 0 Å². The molecule has 1 N–H and O–H groups in total. The van der Waals surface area contributed by atoms with Gasteiger partial charge in [-0.3, -0.25) is 0 Å². The highest BCUT2D eigenvalue weighted by Crippen LogP contribution is 2.51. The van der Waals surface area contributed by atoms with Crippen LogP contribution in [0.4, 0.5) is 0 Å². The fraction of sp³-hybridized carbons (Fsp3) is 0.818. The lowest BCUT2D eigenvalue weighted by Crippen LogP contribution is -2.30. The first-order chi connectivity index (χ1) is 6.18. The van der Waals surface area contributed by atoms with Gasteiger partial charge in [-0.05, 0) is 31.3 Å². The van der Waals surface area contributed by atoms with Gasteiger partial charge in [-0.1, -0.05) is 6.92 Å². The van der Waals surface area contributed by atoms with Gasteiger partial charge in [-0.2, -0.15) is 0 Å². The van der Waals surface area contributed by atoms with Crippen molar-refractivity contribution in [3.63, 3.8) is 0 Å². The first kappa shape index (κ1) is 9.07. The summed E-state index contributed by atoms with van der Waals surface area (Å²) in [6.45, 7) is 2.18. The molecule has 0 aromatic carbocycles. The lowest BCUT2D eigenvalue weighted by molar-refractivity contribution is 0.0668. The molecule has 0 spiro atoms. The van der Waals surface area contributed by atoms with E-state index >= 15 is 0 Å². The molecule has 2 aliphatic carbocycles. The number of methoxy groups -OCH3 is 1. The number of fused-ring (bicyclic) bond motifs is 1. The Labute approximate surface area is 79.6 Å². The van der Waals surface area contributed by atoms with Crippen molar-refractivity contribution in [1.29, 1.82) is 0 Å². The molecule has 0 saturated heterocycles. The Hall–Kier alpha value is -0.500. The fourth-order valence-electron chi connectivity index (χ4n) is 2.85. The minimum atomic E-state index is -0.145. The van der Waals surface area contributed by atoms with E-state index in [4.69, 9.17) is 4.74 Å². The number of rotatable bonds is 1. The second-order valence-electron chi connectivity index (χ2n) is 4.43. The van der Waals surface area contributed by atoms with Crippen molar-refractivity contribution >= 4 is 0 Å². The van der Waals surface area contributed by atoms with Crippen molar-refractivity contribution in [3.8, 4) is 0 Å². The Morgan fingerprint density at radius 2 is 2.23 bits per heavy atom. The Bertz CT molecular complexity index is 244. The molecule has 0 unspecified atom stereocenters. The summed E-state index contributed by atoms with van der Waals surface area (Å²) in [6, 6.07) is 0. The van der Waals surface area contributed by atoms with Gasteiger partial charge in [0.1, 0.15) is 0 Å². The van der Waals surface area contributed by atoms with Crippen LogP contribution in [0.1, 0.15) is 39.0 Å². The van der Waals surface area contributed by atoms with Crippen LogP contribution in [0.5, 0.6) is 0 Å². The highest BCUT2D eigenvalue weighted by atomic mass is 16.5. The molecule has 2 atom stereocenters. The molecular formula is C11H18O2. The van der Waals surface area contributed by atoms with Gasteiger partial charge < -0.3 is 9.84 Å². The fourth-order valence-corrected chi connectivity index (χ4v) is 2.85. The predicted molar refractivity (Wildman–Crippen MR) is 51.2 cm³/mol. The van der Waals surface area contributed by atoms with Crippen LogP contribution in [0.3, 0.4) is 0 Å². The average molecular weight is 182 g/mol. The van der Waals surface area contributed by atoms with Crippen LogP contribution < -0.4 is 0 Å². The summed E-state index contributed by atoms with van der Waals surface area (Å²) in [5, 5.41) is 9.91. The van der Waals surface area contributed by atoms with E-state index < -0.39 is 0 Å². The van der Waals surface area contributed by atoms with E-state index in [1.165, 1.54) is 5.57 Å². The Morgan fingerprint density at radius 3 is 2.92 bits per heavy atom. The summed E-state index contributed by atoms with van der Waals surface area (Å²) < 4.78 is 5.39. The molecule has 0 amide bonds. The third-order valence-electron chi connectivity index (χ3n) is 3.78. The van der Waals surface area contributed by atoms with Crippen LogP contribution in [0.15, 0.2) is 11.3 Å². The predicted octanol–water partition coefficient (Wildman–Crippen LogP) is 2.23. The molecule has 0 heterocycles. The van der Waals surface area contributed by atoms with Crippen LogP contribution in [0.2, 0.25) is 0 Å². The average Bonchev–Trinajstić information content (AvgIpc) is 2.43. The minimum Gasteiger partial charge on any atom is -0.501 e. The SMILES string of the molecule is COC1=C2CC[C@@H](O)[C@@]2(C)CCC1. The monoisotopic (exact) mass is 182 g/mol. The zero-order valence-electron chi connectivity index (χ0n) is 8.47. The second kappa shape index (κ2) is 3.02. The summed E-state index contributed by atoms with van der Waals surface area (Å²) in [5.41, 5.74) is 1.41. The molecule has 1 fully saturated rings. The van der Waals surface area contributed by atoms with Crippen molar-refractivity contribution in [2.75, 3.05) is 7.11 Å². The summed E-state index contributed by atoms with van der Waals surface area (Å²) in [4.78, 5) is 0. The molecule has 0 bridgehead atoms. The maximum atomic E-state index is 9.91. The van der Waals surface area contributed by atoms with Gasteiger partial charge >= 0.3 is 0 Å². The molecule has 74 valence electrons. The Morgan fingerprint density at radius 1 is 1.46 bits per heavy atom. The van der Waals surface area contributed by atoms with Gasteiger partial charge in [0.25, 0.3) is 0 Å². The van der Waals surface area contributed by atoms with Crippen molar-refractivity contribution in [2.45, 2.75) is 45.1 Å². The highest BCUT2D eigenvalue weighted by molar-refractivity contribution is 5.27. The highest BCUT2D eigenvalue weighted by Gasteiger charge is 2.45. The zero-order chi connectivity index (χ0) is 9.47. The summed E-state index contributed by atoms with van der Waals surface area (Å²) in [7, 11) is 1.75. The minimum absolute atomic E-state index is 0.0313. The van der Waals surface area contributed by atoms with Crippen molar-refractivity contribution in [1.82, 2.24) is 0 Å². The molecule has 1 saturated carbocycles. The molecule has 2 aliphatic rings. The van der Waals surface area contributed by atoms with Gasteiger partial charge in [0.15, 0.2) is 0 Å². The molecule has 13 heavy (non-hydrogen) atoms. The molecule has 2 heteroatoms. The normalized spacial score (nSPS) is 39.2. The van der Waals surface area contributed by atoms with E-state index in [1.54, 1.807) is 7.11 Å². The largest absolute Gasteiger partial charge is 0.501 e. The first-order valence-electron chi connectivity index (χ1n) is 5.13. The number of ether oxygens (including phenoxy) is 1. The quantitative estimate of drug-likeness (QED) is 0.674. The molecule has 0 radical (unpaired) electrons. The number of allylic oxidation sites excluding steroid dienone is 1. The maximum Gasteiger partial charge on any atom is 0.0953 e. The topological polar surface area (TPSA) is 29.5 Å². The first-order valence-corrected chi connectivity index (χ1v) is 5.13. The third-order valence-corrected chi connectivity index (χ3v) is 3.78. The van der Waals surface area contributed by atoms with Gasteiger partial charge in [0, 0.05) is 11.8 Å². The van der Waals surface area contributed by atoms with E-state index in [9.17, 15) is 5.11 Å². The standard InChI is InChI=1S/C11H18O2/c1-11-7-3-4-9(13-2)8(11)5-6-10(11)12/h10,12H,3-7H2,1-2H3/t10-,11+/m1/s1. The van der Waals surface area contributed by atoms with E-state index in [2.05, 4.69) is 6.92 Å². The summed E-state index contributed by atoms with van der Waals surface area (Å²) in [6.07, 6.45) is 5.14. The van der Waals surface area contributed by atoms with Crippen molar-refractivity contribution in [3.05, 3.63) is 11.3 Å². The van der Waals surface area contributed by atoms with Gasteiger partial charge in [0.05, 0.1) is 19.0 Å². The van der Waals surface area contributed by atoms with Crippen LogP contribution in [0, 0.1) is 5.41 Å². The van der Waals surface area contributed by atoms with Crippen molar-refractivity contribution in [2.24, 2.45) is 5.41 Å². The van der Waals surface area contributed by atoms with Gasteiger partial charge in [-0.25, -0.2) is 0 Å². The molecule has 0 aromatic heterocycles. The summed E-state index contributed by atoms with van der Waals surface area (Å²) in [5.74, 6) is 1.14. The smallest absolute Gasteiger partial charge is 0.0953 e. The second-order valence-corrected chi connectivity index (χ2v) is 4.43. The van der Waals surface area contributed by atoms with Crippen LogP contribution in [-0.4, -0.2) is 18.3 Å². The maximum absolute atomic E-state index is 9.91. The number of hydrogen-bond acceptors (Lipinski definition) is 2. The summed E-state index contributed by atoms with van der Waals surface area (Å²) >= 11 is 0. The zero-order valence-corrected chi connectivity index (χ0v) is 8.47. The van der Waals surface area contributed by atoms with E-state index in [0.717, 1.165) is 37.9 Å². The molecule has 0 aromatic rings. The van der Waals surface area contributed by atoms with Crippen LogP contribution in [-0.2, 0) is 4.74 Å². The van der Waals surface area contributed by atoms with E-state index in [-0.39, 0.29) is 11.5 Å². The number of hydrogen-bond donors (Lipinski definition) is 1. The molecule has 2 rings (SSSR count). The van der Waals surface area contributed by atoms with Gasteiger partial charge in [0.2, 0.25) is 0 Å². The van der Waals surface area contributed by atoms with E-state index in [1.807, 2.05) is 0 Å². The molecule has 2 nitrogen and oxygen atoms in total. The van der Waals surface area contributed by atoms with Crippen molar-refractivity contribution < 1.29 is 9.84 Å². The van der Waals surface area contributed by atoms with E-state index in [0.29, 0.717) is 0 Å². The Balaban J connectivity index is 2.38. The number of aliphatic hydroxyl groups is 1. The molecule has 0 aliphatic heterocycles. The third kappa shape index (κ3) is 1.19.